The number of unbranched alkanes of at least 4 members (excludes halogenated alkanes) is 1. The third-order valence-electron chi connectivity index (χ3n) is 4.74. The van der Waals surface area contributed by atoms with Crippen LogP contribution in [-0.2, 0) is 4.79 Å². The smallest absolute Gasteiger partial charge is 0.266 e. The van der Waals surface area contributed by atoms with Gasteiger partial charge in [0.2, 0.25) is 11.6 Å². The number of aryl methyl sites for hydroxylation is 1. The molecule has 5 heteroatoms. The van der Waals surface area contributed by atoms with Gasteiger partial charge < -0.3 is 9.80 Å². The molecule has 0 bridgehead atoms. The summed E-state index contributed by atoms with van der Waals surface area (Å²) in [6.45, 7) is 7.04. The molecule has 0 aliphatic carbocycles. The number of carbonyl (C=O) groups excluding carboxylic acids is 1. The fraction of sp³-hybridized carbons (Fsp3) is 0.400. The molecule has 1 fully saturated rings. The van der Waals surface area contributed by atoms with Crippen molar-refractivity contribution in [2.75, 3.05) is 31.1 Å². The number of allylic oxidation sites excluding steroid dienone is 1. The predicted molar refractivity (Wildman–Crippen MR) is 98.9 cm³/mol. The number of aromatic nitrogens is 1. The zero-order chi connectivity index (χ0) is 17.8. The molecule has 1 aliphatic rings. The second-order valence-corrected chi connectivity index (χ2v) is 6.50. The maximum absolute atomic E-state index is 12.2. The van der Waals surface area contributed by atoms with Gasteiger partial charge in [-0.25, -0.2) is 0 Å². The number of rotatable bonds is 4. The second-order valence-electron chi connectivity index (χ2n) is 6.50. The first-order valence-corrected chi connectivity index (χ1v) is 8.96. The minimum Gasteiger partial charge on any atom is -0.367 e. The maximum Gasteiger partial charge on any atom is 0.266 e. The molecule has 25 heavy (non-hydrogen) atoms. The van der Waals surface area contributed by atoms with Gasteiger partial charge in [-0.1, -0.05) is 31.6 Å². The number of fused-ring (bicyclic) bond motifs is 1. The van der Waals surface area contributed by atoms with Crippen LogP contribution in [0.5, 0.6) is 0 Å². The van der Waals surface area contributed by atoms with Gasteiger partial charge in [0.1, 0.15) is 0 Å². The summed E-state index contributed by atoms with van der Waals surface area (Å²) in [6, 6.07) is 9.88. The molecule has 3 rings (SSSR count). The summed E-state index contributed by atoms with van der Waals surface area (Å²) < 4.78 is 1.23. The monoisotopic (exact) mass is 340 g/mol. The Bertz CT molecular complexity index is 793. The Morgan fingerprint density at radius 1 is 1.24 bits per heavy atom. The van der Waals surface area contributed by atoms with Gasteiger partial charge in [0.15, 0.2) is 0 Å². The molecular formula is C20H26N3O2+. The van der Waals surface area contributed by atoms with Crippen LogP contribution in [0.1, 0.15) is 25.5 Å². The van der Waals surface area contributed by atoms with Crippen molar-refractivity contribution >= 4 is 22.5 Å². The molecule has 1 aromatic carbocycles. The van der Waals surface area contributed by atoms with Gasteiger partial charge in [-0.3, -0.25) is 10.0 Å². The van der Waals surface area contributed by atoms with E-state index in [-0.39, 0.29) is 5.91 Å². The molecule has 0 atom stereocenters. The van der Waals surface area contributed by atoms with E-state index in [1.807, 2.05) is 48.2 Å². The molecule has 0 radical (unpaired) electrons. The van der Waals surface area contributed by atoms with Gasteiger partial charge in [0, 0.05) is 50.0 Å². The van der Waals surface area contributed by atoms with Crippen LogP contribution in [0.15, 0.2) is 42.5 Å². The lowest BCUT2D eigenvalue weighted by Gasteiger charge is -2.35. The Morgan fingerprint density at radius 3 is 2.68 bits per heavy atom. The summed E-state index contributed by atoms with van der Waals surface area (Å²) >= 11 is 0. The van der Waals surface area contributed by atoms with E-state index in [1.54, 1.807) is 6.08 Å². The molecule has 1 aromatic heterocycles. The van der Waals surface area contributed by atoms with Crippen LogP contribution in [0.2, 0.25) is 0 Å². The van der Waals surface area contributed by atoms with Gasteiger partial charge in [0.25, 0.3) is 5.52 Å². The highest BCUT2D eigenvalue weighted by molar-refractivity contribution is 5.90. The number of hydrogen-bond acceptors (Lipinski definition) is 3. The largest absolute Gasteiger partial charge is 0.367 e. The Hall–Kier alpha value is -2.56. The molecule has 2 aromatic rings. The highest BCUT2D eigenvalue weighted by Crippen LogP contribution is 2.26. The van der Waals surface area contributed by atoms with Crippen molar-refractivity contribution < 1.29 is 14.7 Å². The number of amides is 1. The van der Waals surface area contributed by atoms with E-state index in [2.05, 4.69) is 11.8 Å². The molecule has 1 aliphatic heterocycles. The van der Waals surface area contributed by atoms with Crippen molar-refractivity contribution in [1.29, 1.82) is 0 Å². The lowest BCUT2D eigenvalue weighted by atomic mass is 10.1. The number of para-hydroxylation sites is 1. The van der Waals surface area contributed by atoms with Crippen LogP contribution >= 0.6 is 0 Å². The number of hydrogen-bond donors (Lipinski definition) is 1. The summed E-state index contributed by atoms with van der Waals surface area (Å²) in [7, 11) is 0. The number of anilines is 1. The average Bonchev–Trinajstić information content (AvgIpc) is 2.65. The molecular weight excluding hydrogens is 314 g/mol. The Labute approximate surface area is 148 Å². The third kappa shape index (κ3) is 3.60. The van der Waals surface area contributed by atoms with E-state index >= 15 is 0 Å². The van der Waals surface area contributed by atoms with Crippen LogP contribution in [0.4, 0.5) is 5.69 Å². The molecule has 1 N–H and O–H groups in total. The lowest BCUT2D eigenvalue weighted by molar-refractivity contribution is -0.888. The fourth-order valence-corrected chi connectivity index (χ4v) is 3.29. The average molecular weight is 340 g/mol. The summed E-state index contributed by atoms with van der Waals surface area (Å²) in [6.07, 6.45) is 5.67. The Morgan fingerprint density at radius 2 is 1.96 bits per heavy atom. The normalized spacial score (nSPS) is 15.3. The highest BCUT2D eigenvalue weighted by atomic mass is 16.5. The van der Waals surface area contributed by atoms with E-state index < -0.39 is 0 Å². The minimum absolute atomic E-state index is 0.107. The lowest BCUT2D eigenvalue weighted by Crippen LogP contribution is -2.48. The first-order chi connectivity index (χ1) is 12.1. The van der Waals surface area contributed by atoms with Crippen molar-refractivity contribution in [2.45, 2.75) is 26.7 Å². The van der Waals surface area contributed by atoms with Gasteiger partial charge in [0.05, 0.1) is 11.1 Å². The highest BCUT2D eigenvalue weighted by Gasteiger charge is 2.24. The third-order valence-corrected chi connectivity index (χ3v) is 4.74. The minimum atomic E-state index is 0.107. The summed E-state index contributed by atoms with van der Waals surface area (Å²) in [5.41, 5.74) is 2.72. The predicted octanol–water partition coefficient (Wildman–Crippen LogP) is 2.68. The van der Waals surface area contributed by atoms with E-state index in [0.717, 1.165) is 61.3 Å². The topological polar surface area (TPSA) is 47.7 Å². The standard InChI is InChI=1S/C20H26N3O2/c1-3-4-5-10-20(24)22-13-11-21(12-14-22)19-15-16(2)23(25)18-9-7-6-8-17(18)19/h5-10,15,25H,3-4,11-14H2,1-2H3/q+1/b10-5+. The molecule has 0 unspecified atom stereocenters. The summed E-state index contributed by atoms with van der Waals surface area (Å²) in [5.74, 6) is 0.107. The number of benzene rings is 1. The van der Waals surface area contributed by atoms with Gasteiger partial charge >= 0.3 is 0 Å². The molecule has 0 spiro atoms. The van der Waals surface area contributed by atoms with E-state index in [0.29, 0.717) is 0 Å². The molecule has 1 saturated heterocycles. The van der Waals surface area contributed by atoms with Crippen molar-refractivity contribution in [3.05, 3.63) is 48.2 Å². The van der Waals surface area contributed by atoms with Crippen LogP contribution in [0.3, 0.4) is 0 Å². The summed E-state index contributed by atoms with van der Waals surface area (Å²) in [4.78, 5) is 16.4. The van der Waals surface area contributed by atoms with Crippen molar-refractivity contribution in [3.63, 3.8) is 0 Å². The number of piperazine rings is 1. The van der Waals surface area contributed by atoms with E-state index in [9.17, 15) is 10.0 Å². The van der Waals surface area contributed by atoms with E-state index in [1.165, 1.54) is 4.73 Å². The van der Waals surface area contributed by atoms with Crippen LogP contribution in [0.25, 0.3) is 10.9 Å². The van der Waals surface area contributed by atoms with Crippen molar-refractivity contribution in [3.8, 4) is 0 Å². The number of pyridine rings is 1. The first-order valence-electron chi connectivity index (χ1n) is 8.96. The molecule has 0 saturated carbocycles. The van der Waals surface area contributed by atoms with Crippen LogP contribution in [0, 0.1) is 6.92 Å². The van der Waals surface area contributed by atoms with Gasteiger partial charge in [-0.2, -0.15) is 0 Å². The fourth-order valence-electron chi connectivity index (χ4n) is 3.29. The van der Waals surface area contributed by atoms with E-state index in [4.69, 9.17) is 0 Å². The van der Waals surface area contributed by atoms with Crippen LogP contribution in [-0.4, -0.2) is 42.2 Å². The molecule has 132 valence electrons. The van der Waals surface area contributed by atoms with Crippen molar-refractivity contribution in [2.24, 2.45) is 0 Å². The SMILES string of the molecule is CCC/C=C/C(=O)N1CCN(c2cc(C)[n+](O)c3ccccc23)CC1. The maximum atomic E-state index is 12.2. The Balaban J connectivity index is 1.77. The zero-order valence-corrected chi connectivity index (χ0v) is 15.0. The van der Waals surface area contributed by atoms with Crippen LogP contribution < -0.4 is 9.63 Å². The van der Waals surface area contributed by atoms with Crippen molar-refractivity contribution in [1.82, 2.24) is 4.90 Å². The Kier molecular flexibility index (Phi) is 5.22. The second kappa shape index (κ2) is 7.55. The number of carbonyl (C=O) groups is 1. The quantitative estimate of drug-likeness (QED) is 0.529. The molecule has 1 amide bonds. The number of nitrogens with zero attached hydrogens (tertiary/aromatic N) is 3. The van der Waals surface area contributed by atoms with Gasteiger partial charge in [-0.15, -0.1) is 0 Å². The zero-order valence-electron chi connectivity index (χ0n) is 15.0. The first kappa shape index (κ1) is 17.3. The molecule has 5 nitrogen and oxygen atoms in total. The molecule has 2 heterocycles. The summed E-state index contributed by atoms with van der Waals surface area (Å²) in [5, 5.41) is 11.3. The van der Waals surface area contributed by atoms with Gasteiger partial charge in [-0.05, 0) is 18.6 Å².